The van der Waals surface area contributed by atoms with Gasteiger partial charge in [0.25, 0.3) is 5.56 Å². The largest absolute Gasteiger partial charge is 0.314 e. The molecule has 3 nitrogen and oxygen atoms in total. The number of rotatable bonds is 5. The van der Waals surface area contributed by atoms with Crippen molar-refractivity contribution in [2.75, 3.05) is 6.54 Å². The van der Waals surface area contributed by atoms with Gasteiger partial charge < -0.3 is 9.88 Å². The smallest absolute Gasteiger partial charge is 0.250 e. The van der Waals surface area contributed by atoms with Crippen LogP contribution >= 0.6 is 0 Å². The van der Waals surface area contributed by atoms with Gasteiger partial charge in [-0.25, -0.2) is 4.39 Å². The number of halogens is 1. The van der Waals surface area contributed by atoms with Gasteiger partial charge in [0.05, 0.1) is 6.04 Å². The summed E-state index contributed by atoms with van der Waals surface area (Å²) >= 11 is 0. The van der Waals surface area contributed by atoms with E-state index in [9.17, 15) is 9.18 Å². The van der Waals surface area contributed by atoms with E-state index in [-0.39, 0.29) is 17.4 Å². The number of aryl methyl sites for hydroxylation is 1. The molecule has 0 bridgehead atoms. The summed E-state index contributed by atoms with van der Waals surface area (Å²) in [6.07, 6.45) is 1.75. The summed E-state index contributed by atoms with van der Waals surface area (Å²) in [7, 11) is 0. The predicted molar refractivity (Wildman–Crippen MR) is 78.3 cm³/mol. The second kappa shape index (κ2) is 6.48. The van der Waals surface area contributed by atoms with E-state index in [1.165, 1.54) is 6.07 Å². The molecule has 0 saturated heterocycles. The fourth-order valence-corrected chi connectivity index (χ4v) is 2.23. The third-order valence-electron chi connectivity index (χ3n) is 3.26. The maximum absolute atomic E-state index is 13.9. The molecule has 0 radical (unpaired) electrons. The van der Waals surface area contributed by atoms with Gasteiger partial charge in [-0.1, -0.05) is 25.1 Å². The summed E-state index contributed by atoms with van der Waals surface area (Å²) in [5.74, 6) is -0.251. The number of benzene rings is 1. The molecule has 0 aliphatic carbocycles. The summed E-state index contributed by atoms with van der Waals surface area (Å²) in [6, 6.07) is 9.91. The average molecular weight is 274 g/mol. The van der Waals surface area contributed by atoms with Crippen LogP contribution in [0.15, 0.2) is 47.4 Å². The zero-order valence-electron chi connectivity index (χ0n) is 11.8. The minimum Gasteiger partial charge on any atom is -0.314 e. The maximum Gasteiger partial charge on any atom is 0.250 e. The van der Waals surface area contributed by atoms with E-state index < -0.39 is 0 Å². The highest BCUT2D eigenvalue weighted by molar-refractivity contribution is 5.21. The van der Waals surface area contributed by atoms with Crippen molar-refractivity contribution in [3.63, 3.8) is 0 Å². The molecule has 4 heteroatoms. The zero-order valence-corrected chi connectivity index (χ0v) is 11.8. The fourth-order valence-electron chi connectivity index (χ4n) is 2.23. The van der Waals surface area contributed by atoms with E-state index in [0.717, 1.165) is 5.56 Å². The topological polar surface area (TPSA) is 34.0 Å². The predicted octanol–water partition coefficient (Wildman–Crippen LogP) is 2.65. The number of likely N-dealkylation sites (N-methyl/N-ethyl adjacent to an activating group) is 1. The number of pyridine rings is 1. The van der Waals surface area contributed by atoms with Gasteiger partial charge in [-0.05, 0) is 31.2 Å². The van der Waals surface area contributed by atoms with Crippen LogP contribution in [0.25, 0.3) is 0 Å². The second-order valence-corrected chi connectivity index (χ2v) is 4.83. The number of aromatic nitrogens is 1. The minimum atomic E-state index is -0.251. The molecule has 0 saturated carbocycles. The zero-order chi connectivity index (χ0) is 14.5. The fraction of sp³-hybridized carbons (Fsp3) is 0.312. The lowest BCUT2D eigenvalue weighted by atomic mass is 10.1. The van der Waals surface area contributed by atoms with E-state index in [1.807, 2.05) is 19.9 Å². The van der Waals surface area contributed by atoms with Gasteiger partial charge in [-0.3, -0.25) is 4.79 Å². The van der Waals surface area contributed by atoms with Crippen LogP contribution in [0.5, 0.6) is 0 Å². The summed E-state index contributed by atoms with van der Waals surface area (Å²) in [5, 5.41) is 3.23. The molecule has 0 spiro atoms. The third kappa shape index (κ3) is 3.33. The minimum absolute atomic E-state index is 0.0655. The number of hydrogen-bond acceptors (Lipinski definition) is 2. The molecule has 0 fully saturated rings. The van der Waals surface area contributed by atoms with Crippen LogP contribution in [0, 0.1) is 12.7 Å². The van der Waals surface area contributed by atoms with Crippen molar-refractivity contribution in [1.82, 2.24) is 9.88 Å². The first-order chi connectivity index (χ1) is 9.61. The van der Waals surface area contributed by atoms with E-state index >= 15 is 0 Å². The molecule has 2 aromatic rings. The van der Waals surface area contributed by atoms with Crippen molar-refractivity contribution >= 4 is 0 Å². The second-order valence-electron chi connectivity index (χ2n) is 4.83. The van der Waals surface area contributed by atoms with Crippen LogP contribution in [-0.2, 0) is 6.54 Å². The Morgan fingerprint density at radius 2 is 2.05 bits per heavy atom. The molecule has 0 amide bonds. The Morgan fingerprint density at radius 3 is 2.70 bits per heavy atom. The van der Waals surface area contributed by atoms with Gasteiger partial charge in [0.2, 0.25) is 0 Å². The average Bonchev–Trinajstić information content (AvgIpc) is 2.42. The summed E-state index contributed by atoms with van der Waals surface area (Å²) in [4.78, 5) is 11.9. The lowest BCUT2D eigenvalue weighted by molar-refractivity contribution is 0.447. The van der Waals surface area contributed by atoms with Crippen molar-refractivity contribution in [3.05, 3.63) is 69.9 Å². The summed E-state index contributed by atoms with van der Waals surface area (Å²) < 4.78 is 15.5. The van der Waals surface area contributed by atoms with Crippen LogP contribution in [-0.4, -0.2) is 11.1 Å². The quantitative estimate of drug-likeness (QED) is 0.909. The van der Waals surface area contributed by atoms with Gasteiger partial charge >= 0.3 is 0 Å². The molecule has 1 unspecified atom stereocenters. The number of hydrogen-bond donors (Lipinski definition) is 1. The lowest BCUT2D eigenvalue weighted by Gasteiger charge is -2.20. The van der Waals surface area contributed by atoms with Crippen molar-refractivity contribution in [1.29, 1.82) is 0 Å². The van der Waals surface area contributed by atoms with E-state index in [2.05, 4.69) is 5.32 Å². The summed E-state index contributed by atoms with van der Waals surface area (Å²) in [6.45, 7) is 4.96. The molecule has 0 aliphatic rings. The Morgan fingerprint density at radius 1 is 1.30 bits per heavy atom. The van der Waals surface area contributed by atoms with Crippen LogP contribution in [0.4, 0.5) is 4.39 Å². The third-order valence-corrected chi connectivity index (χ3v) is 3.26. The highest BCUT2D eigenvalue weighted by Crippen LogP contribution is 2.18. The monoisotopic (exact) mass is 274 g/mol. The van der Waals surface area contributed by atoms with Crippen LogP contribution in [0.3, 0.4) is 0 Å². The lowest BCUT2D eigenvalue weighted by Crippen LogP contribution is -2.30. The Kier molecular flexibility index (Phi) is 4.69. The van der Waals surface area contributed by atoms with Gasteiger partial charge in [-0.2, -0.15) is 0 Å². The first kappa shape index (κ1) is 14.5. The Labute approximate surface area is 118 Å². The standard InChI is InChI=1S/C16H19FN2O/c1-3-18-15(13-6-4-5-7-14(13)17)11-19-9-8-12(2)10-16(19)20/h4-10,15,18H,3,11H2,1-2H3. The molecule has 0 aliphatic heterocycles. The van der Waals surface area contributed by atoms with E-state index in [4.69, 9.17) is 0 Å². The van der Waals surface area contributed by atoms with Crippen LogP contribution < -0.4 is 10.9 Å². The molecule has 106 valence electrons. The van der Waals surface area contributed by atoms with Gasteiger partial charge in [0.15, 0.2) is 0 Å². The first-order valence-corrected chi connectivity index (χ1v) is 6.76. The van der Waals surface area contributed by atoms with E-state index in [0.29, 0.717) is 18.7 Å². The SMILES string of the molecule is CCNC(Cn1ccc(C)cc1=O)c1ccccc1F. The molecule has 2 rings (SSSR count). The molecule has 1 aromatic carbocycles. The summed E-state index contributed by atoms with van der Waals surface area (Å²) in [5.41, 5.74) is 1.45. The molecular weight excluding hydrogens is 255 g/mol. The first-order valence-electron chi connectivity index (χ1n) is 6.76. The molecule has 1 heterocycles. The molecule has 1 atom stereocenters. The normalized spacial score (nSPS) is 12.3. The maximum atomic E-state index is 13.9. The number of nitrogens with zero attached hydrogens (tertiary/aromatic N) is 1. The molecular formula is C16H19FN2O. The van der Waals surface area contributed by atoms with Crippen LogP contribution in [0.1, 0.15) is 24.1 Å². The van der Waals surface area contributed by atoms with Crippen molar-refractivity contribution in [2.45, 2.75) is 26.4 Å². The highest BCUT2D eigenvalue weighted by Gasteiger charge is 2.15. The van der Waals surface area contributed by atoms with Crippen molar-refractivity contribution < 1.29 is 4.39 Å². The molecule has 20 heavy (non-hydrogen) atoms. The van der Waals surface area contributed by atoms with Gasteiger partial charge in [-0.15, -0.1) is 0 Å². The van der Waals surface area contributed by atoms with Crippen molar-refractivity contribution in [3.8, 4) is 0 Å². The van der Waals surface area contributed by atoms with Gasteiger partial charge in [0, 0.05) is 24.4 Å². The highest BCUT2D eigenvalue weighted by atomic mass is 19.1. The molecule has 1 N–H and O–H groups in total. The Bertz CT molecular complexity index is 636. The Hall–Kier alpha value is -1.94. The van der Waals surface area contributed by atoms with Crippen LogP contribution in [0.2, 0.25) is 0 Å². The van der Waals surface area contributed by atoms with E-state index in [1.54, 1.807) is 35.0 Å². The molecule has 1 aromatic heterocycles. The Balaban J connectivity index is 2.30. The number of nitrogens with one attached hydrogen (secondary N) is 1. The van der Waals surface area contributed by atoms with Crippen molar-refractivity contribution in [2.24, 2.45) is 0 Å². The van der Waals surface area contributed by atoms with Gasteiger partial charge in [0.1, 0.15) is 5.82 Å².